The van der Waals surface area contributed by atoms with E-state index in [0.29, 0.717) is 12.0 Å². The van der Waals surface area contributed by atoms with Gasteiger partial charge in [-0.15, -0.1) is 0 Å². The van der Waals surface area contributed by atoms with Gasteiger partial charge in [0, 0.05) is 12.7 Å². The molecule has 2 atom stereocenters. The Morgan fingerprint density at radius 1 is 1.39 bits per heavy atom. The van der Waals surface area contributed by atoms with Crippen molar-refractivity contribution in [3.63, 3.8) is 0 Å². The highest BCUT2D eigenvalue weighted by Crippen LogP contribution is 2.19. The number of hydrazine groups is 1. The van der Waals surface area contributed by atoms with Crippen molar-refractivity contribution in [3.8, 4) is 0 Å². The van der Waals surface area contributed by atoms with Gasteiger partial charge in [0.05, 0.1) is 12.1 Å². The first-order valence-electron chi connectivity index (χ1n) is 6.22. The normalized spacial score (nSPS) is 21.8. The van der Waals surface area contributed by atoms with Crippen LogP contribution in [-0.4, -0.2) is 18.8 Å². The van der Waals surface area contributed by atoms with Crippen molar-refractivity contribution in [2.75, 3.05) is 6.61 Å². The first kappa shape index (κ1) is 13.4. The molecule has 1 aromatic carbocycles. The quantitative estimate of drug-likeness (QED) is 0.639. The minimum atomic E-state index is -0.567. The standard InChI is InChI=1S/C13H18F2N2O/c14-10-5-4-9(11(15)8-10)7-12(17-16)13-3-1-2-6-18-13/h4-5,8,12-13,17H,1-3,6-7,16H2. The summed E-state index contributed by atoms with van der Waals surface area (Å²) < 4.78 is 32.0. The van der Waals surface area contributed by atoms with Gasteiger partial charge in [-0.1, -0.05) is 6.07 Å². The van der Waals surface area contributed by atoms with Gasteiger partial charge in [0.25, 0.3) is 0 Å². The third-order valence-electron chi connectivity index (χ3n) is 3.33. The van der Waals surface area contributed by atoms with Crippen molar-refractivity contribution in [2.24, 2.45) is 5.84 Å². The van der Waals surface area contributed by atoms with Crippen molar-refractivity contribution >= 4 is 0 Å². The minimum absolute atomic E-state index is 0.00629. The van der Waals surface area contributed by atoms with Gasteiger partial charge >= 0.3 is 0 Å². The van der Waals surface area contributed by atoms with E-state index in [-0.39, 0.29) is 12.1 Å². The van der Waals surface area contributed by atoms with E-state index >= 15 is 0 Å². The molecule has 0 aromatic heterocycles. The largest absolute Gasteiger partial charge is 0.377 e. The zero-order valence-corrected chi connectivity index (χ0v) is 10.2. The van der Waals surface area contributed by atoms with Crippen molar-refractivity contribution in [1.82, 2.24) is 5.43 Å². The Hall–Kier alpha value is -1.04. The molecule has 2 rings (SSSR count). The fourth-order valence-electron chi connectivity index (χ4n) is 2.30. The van der Waals surface area contributed by atoms with Crippen LogP contribution in [0.2, 0.25) is 0 Å². The van der Waals surface area contributed by atoms with Crippen LogP contribution in [0.1, 0.15) is 24.8 Å². The van der Waals surface area contributed by atoms with Gasteiger partial charge in [-0.3, -0.25) is 11.3 Å². The summed E-state index contributed by atoms with van der Waals surface area (Å²) in [5.74, 6) is 4.40. The van der Waals surface area contributed by atoms with Crippen molar-refractivity contribution in [2.45, 2.75) is 37.8 Å². The third kappa shape index (κ3) is 3.25. The maximum atomic E-state index is 13.6. The van der Waals surface area contributed by atoms with Crippen LogP contribution in [0.5, 0.6) is 0 Å². The fourth-order valence-corrected chi connectivity index (χ4v) is 2.30. The van der Waals surface area contributed by atoms with Crippen molar-refractivity contribution < 1.29 is 13.5 Å². The maximum absolute atomic E-state index is 13.6. The van der Waals surface area contributed by atoms with Gasteiger partial charge in [0.1, 0.15) is 11.6 Å². The van der Waals surface area contributed by atoms with Crippen molar-refractivity contribution in [1.29, 1.82) is 0 Å². The molecule has 1 aliphatic rings. The molecular formula is C13H18F2N2O. The molecule has 1 heterocycles. The first-order valence-corrected chi connectivity index (χ1v) is 6.22. The molecular weight excluding hydrogens is 238 g/mol. The molecule has 5 heteroatoms. The number of rotatable bonds is 4. The van der Waals surface area contributed by atoms with E-state index in [4.69, 9.17) is 10.6 Å². The number of hydrogen-bond donors (Lipinski definition) is 2. The summed E-state index contributed by atoms with van der Waals surface area (Å²) in [6, 6.07) is 3.46. The second-order valence-corrected chi connectivity index (χ2v) is 4.62. The summed E-state index contributed by atoms with van der Waals surface area (Å²) >= 11 is 0. The van der Waals surface area contributed by atoms with Crippen LogP contribution in [0.4, 0.5) is 8.78 Å². The lowest BCUT2D eigenvalue weighted by Gasteiger charge is -2.30. The highest BCUT2D eigenvalue weighted by Gasteiger charge is 2.24. The number of nitrogens with two attached hydrogens (primary N) is 1. The highest BCUT2D eigenvalue weighted by molar-refractivity contribution is 5.20. The average Bonchev–Trinajstić information content (AvgIpc) is 2.39. The Morgan fingerprint density at radius 3 is 2.83 bits per heavy atom. The summed E-state index contributed by atoms with van der Waals surface area (Å²) in [5, 5.41) is 0. The molecule has 18 heavy (non-hydrogen) atoms. The summed E-state index contributed by atoms with van der Waals surface area (Å²) in [6.07, 6.45) is 3.45. The maximum Gasteiger partial charge on any atom is 0.129 e. The molecule has 1 aromatic rings. The van der Waals surface area contributed by atoms with Gasteiger partial charge < -0.3 is 4.74 Å². The minimum Gasteiger partial charge on any atom is -0.377 e. The van der Waals surface area contributed by atoms with E-state index in [2.05, 4.69) is 5.43 Å². The highest BCUT2D eigenvalue weighted by atomic mass is 19.1. The zero-order valence-electron chi connectivity index (χ0n) is 10.2. The van der Waals surface area contributed by atoms with Gasteiger partial charge in [0.15, 0.2) is 0 Å². The third-order valence-corrected chi connectivity index (χ3v) is 3.33. The van der Waals surface area contributed by atoms with Crippen LogP contribution < -0.4 is 11.3 Å². The predicted molar refractivity (Wildman–Crippen MR) is 64.8 cm³/mol. The summed E-state index contributed by atoms with van der Waals surface area (Å²) in [6.45, 7) is 0.717. The van der Waals surface area contributed by atoms with Gasteiger partial charge in [0.2, 0.25) is 0 Å². The lowest BCUT2D eigenvalue weighted by molar-refractivity contribution is -0.00758. The predicted octanol–water partition coefficient (Wildman–Crippen LogP) is 1.91. The molecule has 0 saturated carbocycles. The molecule has 0 aliphatic carbocycles. The molecule has 3 nitrogen and oxygen atoms in total. The Balaban J connectivity index is 2.04. The average molecular weight is 256 g/mol. The van der Waals surface area contributed by atoms with E-state index in [1.807, 2.05) is 0 Å². The van der Waals surface area contributed by atoms with E-state index in [0.717, 1.165) is 31.9 Å². The lowest BCUT2D eigenvalue weighted by atomic mass is 9.96. The number of nitrogens with one attached hydrogen (secondary N) is 1. The molecule has 0 radical (unpaired) electrons. The number of benzene rings is 1. The smallest absolute Gasteiger partial charge is 0.129 e. The fraction of sp³-hybridized carbons (Fsp3) is 0.538. The Kier molecular flexibility index (Phi) is 4.63. The number of ether oxygens (including phenoxy) is 1. The van der Waals surface area contributed by atoms with E-state index in [9.17, 15) is 8.78 Å². The molecule has 1 saturated heterocycles. The second kappa shape index (κ2) is 6.22. The SMILES string of the molecule is NNC(Cc1ccc(F)cc1F)C1CCCCO1. The topological polar surface area (TPSA) is 47.3 Å². The molecule has 1 fully saturated rings. The molecule has 100 valence electrons. The van der Waals surface area contributed by atoms with Crippen LogP contribution in [0.25, 0.3) is 0 Å². The Bertz CT molecular complexity index is 395. The Morgan fingerprint density at radius 2 is 2.22 bits per heavy atom. The van der Waals surface area contributed by atoms with Crippen LogP contribution in [0.15, 0.2) is 18.2 Å². The molecule has 2 unspecified atom stereocenters. The monoisotopic (exact) mass is 256 g/mol. The molecule has 0 amide bonds. The van der Waals surface area contributed by atoms with Crippen molar-refractivity contribution in [3.05, 3.63) is 35.4 Å². The van der Waals surface area contributed by atoms with Gasteiger partial charge in [-0.05, 0) is 37.3 Å². The number of halogens is 2. The first-order chi connectivity index (χ1) is 8.70. The molecule has 0 spiro atoms. The van der Waals surface area contributed by atoms with Crippen LogP contribution >= 0.6 is 0 Å². The number of hydrogen-bond acceptors (Lipinski definition) is 3. The molecule has 1 aliphatic heterocycles. The van der Waals surface area contributed by atoms with Gasteiger partial charge in [-0.25, -0.2) is 8.78 Å². The van der Waals surface area contributed by atoms with Crippen LogP contribution in [0.3, 0.4) is 0 Å². The Labute approximate surface area is 105 Å². The van der Waals surface area contributed by atoms with Crippen LogP contribution in [0, 0.1) is 11.6 Å². The molecule has 3 N–H and O–H groups in total. The summed E-state index contributed by atoms with van der Waals surface area (Å²) in [4.78, 5) is 0. The second-order valence-electron chi connectivity index (χ2n) is 4.62. The van der Waals surface area contributed by atoms with E-state index < -0.39 is 11.6 Å². The zero-order chi connectivity index (χ0) is 13.0. The summed E-state index contributed by atoms with van der Waals surface area (Å²) in [7, 11) is 0. The van der Waals surface area contributed by atoms with Crippen LogP contribution in [-0.2, 0) is 11.2 Å². The lowest BCUT2D eigenvalue weighted by Crippen LogP contribution is -2.47. The summed E-state index contributed by atoms with van der Waals surface area (Å²) in [5.41, 5.74) is 3.13. The van der Waals surface area contributed by atoms with E-state index in [1.165, 1.54) is 12.1 Å². The molecule has 0 bridgehead atoms. The van der Waals surface area contributed by atoms with Gasteiger partial charge in [-0.2, -0.15) is 0 Å². The van der Waals surface area contributed by atoms with E-state index in [1.54, 1.807) is 0 Å².